The summed E-state index contributed by atoms with van der Waals surface area (Å²) in [7, 11) is 0. The molecule has 1 aliphatic carbocycles. The van der Waals surface area contributed by atoms with Gasteiger partial charge in [0.2, 0.25) is 0 Å². The van der Waals surface area contributed by atoms with E-state index in [-0.39, 0.29) is 6.42 Å². The Morgan fingerprint density at radius 2 is 1.90 bits per heavy atom. The summed E-state index contributed by atoms with van der Waals surface area (Å²) in [6.45, 7) is 3.33. The van der Waals surface area contributed by atoms with Crippen molar-refractivity contribution in [3.8, 4) is 0 Å². The first kappa shape index (κ1) is 7.70. The van der Waals surface area contributed by atoms with Crippen LogP contribution in [0.5, 0.6) is 0 Å². The molecule has 1 rings (SSSR count). The molecule has 0 atom stereocenters. The predicted molar refractivity (Wildman–Crippen MR) is 37.2 cm³/mol. The third-order valence-corrected chi connectivity index (χ3v) is 2.23. The highest BCUT2D eigenvalue weighted by atomic mass is 19.3. The van der Waals surface area contributed by atoms with Crippen LogP contribution in [0.3, 0.4) is 0 Å². The highest BCUT2D eigenvalue weighted by Gasteiger charge is 2.34. The molecule has 0 aliphatic heterocycles. The second-order valence-electron chi connectivity index (χ2n) is 2.96. The van der Waals surface area contributed by atoms with Gasteiger partial charge < -0.3 is 0 Å². The number of hydrogen-bond donors (Lipinski definition) is 0. The molecule has 0 bridgehead atoms. The molecule has 0 saturated carbocycles. The first-order chi connectivity index (χ1) is 4.54. The average molecular weight is 146 g/mol. The molecule has 0 radical (unpaired) electrons. The van der Waals surface area contributed by atoms with Crippen molar-refractivity contribution in [3.05, 3.63) is 11.1 Å². The lowest BCUT2D eigenvalue weighted by molar-refractivity contribution is 0.0234. The third kappa shape index (κ3) is 1.20. The van der Waals surface area contributed by atoms with Crippen molar-refractivity contribution in [2.75, 3.05) is 0 Å². The molecule has 0 N–H and O–H groups in total. The summed E-state index contributed by atoms with van der Waals surface area (Å²) in [4.78, 5) is 0. The van der Waals surface area contributed by atoms with Crippen LogP contribution in [0.15, 0.2) is 11.1 Å². The van der Waals surface area contributed by atoms with Crippen LogP contribution in [0, 0.1) is 0 Å². The standard InChI is InChI=1S/C8H12F2/c1-6-4-3-5-8(9,10)7(6)2/h3-5H2,1-2H3. The van der Waals surface area contributed by atoms with Crippen LogP contribution in [-0.4, -0.2) is 5.92 Å². The summed E-state index contributed by atoms with van der Waals surface area (Å²) < 4.78 is 25.6. The van der Waals surface area contributed by atoms with Crippen LogP contribution < -0.4 is 0 Å². The van der Waals surface area contributed by atoms with E-state index < -0.39 is 5.92 Å². The van der Waals surface area contributed by atoms with Crippen molar-refractivity contribution in [1.29, 1.82) is 0 Å². The molecule has 58 valence electrons. The van der Waals surface area contributed by atoms with Crippen molar-refractivity contribution >= 4 is 0 Å². The fraction of sp³-hybridized carbons (Fsp3) is 0.750. The number of halogens is 2. The highest BCUT2D eigenvalue weighted by molar-refractivity contribution is 5.20. The fourth-order valence-electron chi connectivity index (χ4n) is 1.26. The molecule has 2 heteroatoms. The smallest absolute Gasteiger partial charge is 0.202 e. The van der Waals surface area contributed by atoms with E-state index in [2.05, 4.69) is 0 Å². The largest absolute Gasteiger partial charge is 0.269 e. The van der Waals surface area contributed by atoms with Crippen molar-refractivity contribution in [2.45, 2.75) is 39.0 Å². The Bertz CT molecular complexity index is 168. The predicted octanol–water partition coefficient (Wildman–Crippen LogP) is 3.14. The Kier molecular flexibility index (Phi) is 1.80. The fourth-order valence-corrected chi connectivity index (χ4v) is 1.26. The maximum Gasteiger partial charge on any atom is 0.269 e. The minimum absolute atomic E-state index is 0.0379. The van der Waals surface area contributed by atoms with Crippen LogP contribution in [0.25, 0.3) is 0 Å². The molecule has 0 aromatic carbocycles. The van der Waals surface area contributed by atoms with E-state index in [9.17, 15) is 8.78 Å². The summed E-state index contributed by atoms with van der Waals surface area (Å²) in [5.74, 6) is -2.51. The monoisotopic (exact) mass is 146 g/mol. The number of alkyl halides is 2. The van der Waals surface area contributed by atoms with Gasteiger partial charge in [0, 0.05) is 6.42 Å². The molecule has 10 heavy (non-hydrogen) atoms. The maximum absolute atomic E-state index is 12.8. The zero-order chi connectivity index (χ0) is 7.78. The molecular formula is C8H12F2. The number of allylic oxidation sites excluding steroid dienone is 2. The average Bonchev–Trinajstić information content (AvgIpc) is 1.83. The van der Waals surface area contributed by atoms with Gasteiger partial charge in [0.25, 0.3) is 5.92 Å². The lowest BCUT2D eigenvalue weighted by atomic mass is 9.91. The summed E-state index contributed by atoms with van der Waals surface area (Å²) >= 11 is 0. The normalized spacial score (nSPS) is 25.2. The van der Waals surface area contributed by atoms with Crippen LogP contribution in [-0.2, 0) is 0 Å². The van der Waals surface area contributed by atoms with Gasteiger partial charge in [-0.15, -0.1) is 0 Å². The second-order valence-corrected chi connectivity index (χ2v) is 2.96. The van der Waals surface area contributed by atoms with Gasteiger partial charge in [-0.3, -0.25) is 0 Å². The first-order valence-electron chi connectivity index (χ1n) is 3.59. The maximum atomic E-state index is 12.8. The molecule has 0 heterocycles. The highest BCUT2D eigenvalue weighted by Crippen LogP contribution is 2.37. The van der Waals surface area contributed by atoms with Crippen LogP contribution in [0.2, 0.25) is 0 Å². The SMILES string of the molecule is CC1=C(C)C(F)(F)CCC1. The zero-order valence-corrected chi connectivity index (χ0v) is 6.38. The second kappa shape index (κ2) is 2.33. The molecular weight excluding hydrogens is 134 g/mol. The van der Waals surface area contributed by atoms with Crippen LogP contribution in [0.4, 0.5) is 8.78 Å². The molecule has 1 aliphatic rings. The summed E-state index contributed by atoms with van der Waals surface area (Å²) in [5.41, 5.74) is 1.16. The Morgan fingerprint density at radius 3 is 2.30 bits per heavy atom. The Balaban J connectivity index is 2.89. The van der Waals surface area contributed by atoms with Gasteiger partial charge in [0.1, 0.15) is 0 Å². The van der Waals surface area contributed by atoms with Gasteiger partial charge in [-0.1, -0.05) is 5.57 Å². The molecule has 0 aromatic heterocycles. The van der Waals surface area contributed by atoms with E-state index in [0.717, 1.165) is 12.0 Å². The minimum Gasteiger partial charge on any atom is -0.202 e. The van der Waals surface area contributed by atoms with E-state index in [4.69, 9.17) is 0 Å². The van der Waals surface area contributed by atoms with E-state index >= 15 is 0 Å². The number of hydrogen-bond acceptors (Lipinski definition) is 0. The molecule has 0 fully saturated rings. The Morgan fingerprint density at radius 1 is 1.30 bits per heavy atom. The summed E-state index contributed by atoms with van der Waals surface area (Å²) in [6, 6.07) is 0. The van der Waals surface area contributed by atoms with E-state index in [1.165, 1.54) is 6.92 Å². The first-order valence-corrected chi connectivity index (χ1v) is 3.59. The van der Waals surface area contributed by atoms with Crippen molar-refractivity contribution in [1.82, 2.24) is 0 Å². The van der Waals surface area contributed by atoms with E-state index in [1.807, 2.05) is 0 Å². The van der Waals surface area contributed by atoms with Crippen molar-refractivity contribution in [2.24, 2.45) is 0 Å². The quantitative estimate of drug-likeness (QED) is 0.460. The van der Waals surface area contributed by atoms with Crippen molar-refractivity contribution < 1.29 is 8.78 Å². The molecule has 0 aromatic rings. The van der Waals surface area contributed by atoms with Gasteiger partial charge in [0.15, 0.2) is 0 Å². The zero-order valence-electron chi connectivity index (χ0n) is 6.38. The van der Waals surface area contributed by atoms with E-state index in [1.54, 1.807) is 6.92 Å². The number of rotatable bonds is 0. The van der Waals surface area contributed by atoms with Gasteiger partial charge >= 0.3 is 0 Å². The Hall–Kier alpha value is -0.400. The van der Waals surface area contributed by atoms with Gasteiger partial charge in [0.05, 0.1) is 0 Å². The lowest BCUT2D eigenvalue weighted by Crippen LogP contribution is -2.22. The van der Waals surface area contributed by atoms with Gasteiger partial charge in [-0.05, 0) is 32.3 Å². The molecule has 0 saturated heterocycles. The lowest BCUT2D eigenvalue weighted by Gasteiger charge is -2.24. The van der Waals surface area contributed by atoms with Gasteiger partial charge in [-0.25, -0.2) is 8.78 Å². The van der Waals surface area contributed by atoms with Crippen molar-refractivity contribution in [3.63, 3.8) is 0 Å². The van der Waals surface area contributed by atoms with E-state index in [0.29, 0.717) is 12.0 Å². The summed E-state index contributed by atoms with van der Waals surface area (Å²) in [6.07, 6.45) is 1.52. The summed E-state index contributed by atoms with van der Waals surface area (Å²) in [5, 5.41) is 0. The topological polar surface area (TPSA) is 0 Å². The molecule has 0 amide bonds. The van der Waals surface area contributed by atoms with Crippen LogP contribution >= 0.6 is 0 Å². The molecule has 0 nitrogen and oxygen atoms in total. The minimum atomic E-state index is -2.51. The van der Waals surface area contributed by atoms with Crippen LogP contribution in [0.1, 0.15) is 33.1 Å². The molecule has 0 unspecified atom stereocenters. The molecule has 0 spiro atoms. The third-order valence-electron chi connectivity index (χ3n) is 2.23. The van der Waals surface area contributed by atoms with Gasteiger partial charge in [-0.2, -0.15) is 0 Å². The Labute approximate surface area is 59.9 Å².